The van der Waals surface area contributed by atoms with Crippen molar-refractivity contribution >= 4 is 22.6 Å². The number of rotatable bonds is 4. The molecule has 3 nitrogen and oxygen atoms in total. The van der Waals surface area contributed by atoms with Crippen LogP contribution in [0.3, 0.4) is 0 Å². The van der Waals surface area contributed by atoms with Crippen LogP contribution in [-0.2, 0) is 6.54 Å². The summed E-state index contributed by atoms with van der Waals surface area (Å²) in [7, 11) is 0. The Bertz CT molecular complexity index is 551. The molecule has 0 atom stereocenters. The zero-order valence-electron chi connectivity index (χ0n) is 9.86. The van der Waals surface area contributed by atoms with E-state index in [1.54, 1.807) is 0 Å². The highest BCUT2D eigenvalue weighted by Crippen LogP contribution is 2.22. The van der Waals surface area contributed by atoms with E-state index >= 15 is 0 Å². The summed E-state index contributed by atoms with van der Waals surface area (Å²) in [5.41, 5.74) is 0.862. The maximum absolute atomic E-state index is 12.0. The summed E-state index contributed by atoms with van der Waals surface area (Å²) in [6.45, 7) is 0.219. The predicted octanol–water partition coefficient (Wildman–Crippen LogP) is 3.89. The van der Waals surface area contributed by atoms with E-state index in [2.05, 4.69) is 32.7 Å². The lowest BCUT2D eigenvalue weighted by Crippen LogP contribution is -2.09. The van der Waals surface area contributed by atoms with Crippen LogP contribution >= 0.6 is 22.6 Å². The minimum Gasteiger partial charge on any atom is -0.252 e. The van der Waals surface area contributed by atoms with Crippen LogP contribution in [0.4, 0.5) is 13.2 Å². The Morgan fingerprint density at radius 2 is 2.05 bits per heavy atom. The Morgan fingerprint density at radius 1 is 1.26 bits per heavy atom. The van der Waals surface area contributed by atoms with Gasteiger partial charge in [0.05, 0.1) is 0 Å². The molecule has 0 saturated heterocycles. The first kappa shape index (κ1) is 14.3. The van der Waals surface area contributed by atoms with Crippen LogP contribution in [0.2, 0.25) is 0 Å². The van der Waals surface area contributed by atoms with E-state index in [0.29, 0.717) is 5.82 Å². The Morgan fingerprint density at radius 3 is 2.74 bits per heavy atom. The van der Waals surface area contributed by atoms with Gasteiger partial charge in [-0.1, -0.05) is 12.1 Å². The van der Waals surface area contributed by atoms with Gasteiger partial charge in [0.25, 0.3) is 0 Å². The fourth-order valence-electron chi connectivity index (χ4n) is 1.60. The van der Waals surface area contributed by atoms with Crippen LogP contribution in [0.25, 0.3) is 11.4 Å². The second kappa shape index (κ2) is 5.89. The SMILES string of the molecule is FC(F)(F)CCCn1cnc(-c2cccc(I)c2)n1. The first-order valence-electron chi connectivity index (χ1n) is 5.66. The highest BCUT2D eigenvalue weighted by molar-refractivity contribution is 14.1. The molecule has 0 radical (unpaired) electrons. The van der Waals surface area contributed by atoms with Crippen molar-refractivity contribution in [2.24, 2.45) is 0 Å². The average Bonchev–Trinajstić information content (AvgIpc) is 2.76. The van der Waals surface area contributed by atoms with Crippen molar-refractivity contribution in [3.8, 4) is 11.4 Å². The lowest BCUT2D eigenvalue weighted by atomic mass is 10.2. The lowest BCUT2D eigenvalue weighted by Gasteiger charge is -2.05. The number of hydrogen-bond acceptors (Lipinski definition) is 2. The zero-order valence-corrected chi connectivity index (χ0v) is 12.0. The smallest absolute Gasteiger partial charge is 0.252 e. The van der Waals surface area contributed by atoms with Crippen LogP contribution in [0.1, 0.15) is 12.8 Å². The van der Waals surface area contributed by atoms with Crippen molar-refractivity contribution in [3.63, 3.8) is 0 Å². The molecule has 0 spiro atoms. The summed E-state index contributed by atoms with van der Waals surface area (Å²) in [6.07, 6.45) is -3.44. The minimum atomic E-state index is -4.11. The highest BCUT2D eigenvalue weighted by atomic mass is 127. The van der Waals surface area contributed by atoms with Crippen molar-refractivity contribution in [3.05, 3.63) is 34.2 Å². The van der Waals surface area contributed by atoms with E-state index < -0.39 is 12.6 Å². The number of aromatic nitrogens is 3. The molecule has 0 aliphatic rings. The Kier molecular flexibility index (Phi) is 4.43. The van der Waals surface area contributed by atoms with Gasteiger partial charge in [0.15, 0.2) is 5.82 Å². The molecule has 0 bridgehead atoms. The molecule has 19 heavy (non-hydrogen) atoms. The van der Waals surface area contributed by atoms with E-state index in [4.69, 9.17) is 0 Å². The van der Waals surface area contributed by atoms with E-state index in [0.717, 1.165) is 9.13 Å². The quantitative estimate of drug-likeness (QED) is 0.753. The largest absolute Gasteiger partial charge is 0.389 e. The number of halogens is 4. The van der Waals surface area contributed by atoms with Crippen molar-refractivity contribution in [2.45, 2.75) is 25.6 Å². The van der Waals surface area contributed by atoms with Crippen LogP contribution in [0, 0.1) is 3.57 Å². The van der Waals surface area contributed by atoms with E-state index in [1.807, 2.05) is 24.3 Å². The zero-order chi connectivity index (χ0) is 13.9. The Labute approximate surface area is 122 Å². The second-order valence-corrected chi connectivity index (χ2v) is 5.31. The first-order chi connectivity index (χ1) is 8.94. The van der Waals surface area contributed by atoms with E-state index in [1.165, 1.54) is 11.0 Å². The number of benzene rings is 1. The van der Waals surface area contributed by atoms with Gasteiger partial charge in [0.1, 0.15) is 6.33 Å². The molecule has 1 aromatic carbocycles. The van der Waals surface area contributed by atoms with Gasteiger partial charge < -0.3 is 0 Å². The van der Waals surface area contributed by atoms with Crippen molar-refractivity contribution in [2.75, 3.05) is 0 Å². The van der Waals surface area contributed by atoms with Crippen LogP contribution in [-0.4, -0.2) is 20.9 Å². The van der Waals surface area contributed by atoms with Gasteiger partial charge >= 0.3 is 6.18 Å². The third-order valence-electron chi connectivity index (χ3n) is 2.47. The summed E-state index contributed by atoms with van der Waals surface area (Å²) in [4.78, 5) is 4.11. The summed E-state index contributed by atoms with van der Waals surface area (Å²) in [5, 5.41) is 4.18. The number of hydrogen-bond donors (Lipinski definition) is 0. The highest BCUT2D eigenvalue weighted by Gasteiger charge is 2.26. The molecule has 7 heteroatoms. The third-order valence-corrected chi connectivity index (χ3v) is 3.14. The standard InChI is InChI=1S/C12H11F3IN3/c13-12(14,15)5-2-6-19-8-17-11(18-19)9-3-1-4-10(16)7-9/h1,3-4,7-8H,2,5-6H2. The summed E-state index contributed by atoms with van der Waals surface area (Å²) in [5.74, 6) is 0.533. The topological polar surface area (TPSA) is 30.7 Å². The van der Waals surface area contributed by atoms with Gasteiger partial charge in [-0.2, -0.15) is 18.3 Å². The normalized spacial score (nSPS) is 11.8. The predicted molar refractivity (Wildman–Crippen MR) is 73.5 cm³/mol. The maximum atomic E-state index is 12.0. The summed E-state index contributed by atoms with van der Waals surface area (Å²) in [6, 6.07) is 7.64. The molecule has 1 aromatic heterocycles. The molecule has 1 heterocycles. The molecule has 0 fully saturated rings. The Balaban J connectivity index is 1.99. The van der Waals surface area contributed by atoms with Crippen LogP contribution < -0.4 is 0 Å². The van der Waals surface area contributed by atoms with Gasteiger partial charge in [0.2, 0.25) is 0 Å². The van der Waals surface area contributed by atoms with Crippen LogP contribution in [0.15, 0.2) is 30.6 Å². The molecule has 0 amide bonds. The van der Waals surface area contributed by atoms with Gasteiger partial charge in [-0.25, -0.2) is 4.98 Å². The van der Waals surface area contributed by atoms with Gasteiger partial charge in [0, 0.05) is 22.1 Å². The molecule has 2 aromatic rings. The fourth-order valence-corrected chi connectivity index (χ4v) is 2.15. The van der Waals surface area contributed by atoms with E-state index in [-0.39, 0.29) is 13.0 Å². The lowest BCUT2D eigenvalue weighted by molar-refractivity contribution is -0.136. The summed E-state index contributed by atoms with van der Waals surface area (Å²) >= 11 is 2.18. The van der Waals surface area contributed by atoms with Gasteiger partial charge in [-0.15, -0.1) is 0 Å². The molecule has 0 aliphatic heterocycles. The van der Waals surface area contributed by atoms with Crippen molar-refractivity contribution in [1.82, 2.24) is 14.8 Å². The van der Waals surface area contributed by atoms with Crippen molar-refractivity contribution < 1.29 is 13.2 Å². The van der Waals surface area contributed by atoms with E-state index in [9.17, 15) is 13.2 Å². The number of nitrogens with zero attached hydrogens (tertiary/aromatic N) is 3. The molecule has 0 saturated carbocycles. The molecular formula is C12H11F3IN3. The minimum absolute atomic E-state index is 0.0125. The van der Waals surface area contributed by atoms with Gasteiger partial charge in [-0.3, -0.25) is 4.68 Å². The Hall–Kier alpha value is -1.12. The molecule has 2 rings (SSSR count). The number of alkyl halides is 3. The molecular weight excluding hydrogens is 370 g/mol. The van der Waals surface area contributed by atoms with Crippen LogP contribution in [0.5, 0.6) is 0 Å². The molecule has 102 valence electrons. The number of aryl methyl sites for hydroxylation is 1. The maximum Gasteiger partial charge on any atom is 0.389 e. The van der Waals surface area contributed by atoms with Gasteiger partial charge in [-0.05, 0) is 41.1 Å². The fraction of sp³-hybridized carbons (Fsp3) is 0.333. The second-order valence-electron chi connectivity index (χ2n) is 4.06. The monoisotopic (exact) mass is 381 g/mol. The molecule has 0 unspecified atom stereocenters. The molecule has 0 aliphatic carbocycles. The first-order valence-corrected chi connectivity index (χ1v) is 6.74. The molecule has 0 N–H and O–H groups in total. The summed E-state index contributed by atoms with van der Waals surface area (Å²) < 4.78 is 38.6. The third kappa shape index (κ3) is 4.48. The average molecular weight is 381 g/mol. The van der Waals surface area contributed by atoms with Crippen molar-refractivity contribution in [1.29, 1.82) is 0 Å².